The summed E-state index contributed by atoms with van der Waals surface area (Å²) in [7, 11) is 1.53. The van der Waals surface area contributed by atoms with E-state index in [0.29, 0.717) is 12.0 Å². The van der Waals surface area contributed by atoms with E-state index in [4.69, 9.17) is 0 Å². The van der Waals surface area contributed by atoms with Crippen LogP contribution >= 0.6 is 0 Å². The number of rotatable bonds is 8. The summed E-state index contributed by atoms with van der Waals surface area (Å²) in [5, 5.41) is 13.8. The first-order valence-electron chi connectivity index (χ1n) is 8.75. The zero-order chi connectivity index (χ0) is 19.8. The van der Waals surface area contributed by atoms with E-state index in [2.05, 4.69) is 5.32 Å². The number of para-hydroxylation sites is 1. The highest BCUT2D eigenvalue weighted by Gasteiger charge is 2.29. The molecule has 0 saturated carbocycles. The van der Waals surface area contributed by atoms with Gasteiger partial charge in [-0.25, -0.2) is 0 Å². The molecule has 0 bridgehead atoms. The van der Waals surface area contributed by atoms with Gasteiger partial charge in [0.25, 0.3) is 5.69 Å². The predicted molar refractivity (Wildman–Crippen MR) is 102 cm³/mol. The van der Waals surface area contributed by atoms with Crippen LogP contribution in [0.1, 0.15) is 24.5 Å². The summed E-state index contributed by atoms with van der Waals surface area (Å²) in [6, 6.07) is 14.9. The van der Waals surface area contributed by atoms with Gasteiger partial charge < -0.3 is 10.2 Å². The fraction of sp³-hybridized carbons (Fsp3) is 0.300. The van der Waals surface area contributed by atoms with Crippen molar-refractivity contribution in [3.8, 4) is 0 Å². The van der Waals surface area contributed by atoms with Crippen molar-refractivity contribution in [3.63, 3.8) is 0 Å². The second kappa shape index (κ2) is 9.47. The lowest BCUT2D eigenvalue weighted by Gasteiger charge is -2.30. The van der Waals surface area contributed by atoms with Crippen LogP contribution in [0.3, 0.4) is 0 Å². The number of nitro benzene ring substituents is 1. The molecule has 2 amide bonds. The Morgan fingerprint density at radius 1 is 1.11 bits per heavy atom. The molecule has 0 saturated heterocycles. The maximum absolute atomic E-state index is 13.0. The third-order valence-corrected chi connectivity index (χ3v) is 4.36. The Bertz CT molecular complexity index is 808. The first-order chi connectivity index (χ1) is 13.0. The molecule has 0 radical (unpaired) electrons. The molecule has 0 fully saturated rings. The van der Waals surface area contributed by atoms with E-state index >= 15 is 0 Å². The monoisotopic (exact) mass is 369 g/mol. The van der Waals surface area contributed by atoms with Gasteiger partial charge in [0.05, 0.1) is 11.3 Å². The Morgan fingerprint density at radius 2 is 1.74 bits per heavy atom. The molecule has 7 heteroatoms. The quantitative estimate of drug-likeness (QED) is 0.572. The van der Waals surface area contributed by atoms with Crippen LogP contribution in [0.2, 0.25) is 0 Å². The number of amides is 2. The predicted octanol–water partition coefficient (Wildman–Crippen LogP) is 2.69. The van der Waals surface area contributed by atoms with Gasteiger partial charge in [0.1, 0.15) is 6.04 Å². The Balaban J connectivity index is 2.33. The van der Waals surface area contributed by atoms with Crippen LogP contribution in [-0.4, -0.2) is 34.7 Å². The van der Waals surface area contributed by atoms with Crippen molar-refractivity contribution in [2.24, 2.45) is 0 Å². The van der Waals surface area contributed by atoms with E-state index in [-0.39, 0.29) is 30.5 Å². The Morgan fingerprint density at radius 3 is 2.33 bits per heavy atom. The van der Waals surface area contributed by atoms with Crippen LogP contribution < -0.4 is 5.32 Å². The molecule has 0 spiro atoms. The molecule has 1 atom stereocenters. The molecule has 142 valence electrons. The van der Waals surface area contributed by atoms with Gasteiger partial charge in [-0.15, -0.1) is 0 Å². The van der Waals surface area contributed by atoms with E-state index in [1.54, 1.807) is 18.2 Å². The molecule has 0 aliphatic carbocycles. The minimum Gasteiger partial charge on any atom is -0.357 e. The molecule has 0 aliphatic heterocycles. The van der Waals surface area contributed by atoms with Gasteiger partial charge in [-0.05, 0) is 12.0 Å². The highest BCUT2D eigenvalue weighted by Crippen LogP contribution is 2.21. The minimum absolute atomic E-state index is 0.0986. The first kappa shape index (κ1) is 20.1. The molecular weight excluding hydrogens is 346 g/mol. The van der Waals surface area contributed by atoms with Gasteiger partial charge in [0.2, 0.25) is 11.8 Å². The Kier molecular flexibility index (Phi) is 7.05. The molecular formula is C20H23N3O4. The van der Waals surface area contributed by atoms with Crippen molar-refractivity contribution < 1.29 is 14.5 Å². The minimum atomic E-state index is -0.648. The number of carbonyl (C=O) groups excluding carboxylic acids is 2. The highest BCUT2D eigenvalue weighted by molar-refractivity contribution is 5.88. The van der Waals surface area contributed by atoms with Crippen LogP contribution in [-0.2, 0) is 22.6 Å². The van der Waals surface area contributed by atoms with Crippen LogP contribution in [0.5, 0.6) is 0 Å². The van der Waals surface area contributed by atoms with Gasteiger partial charge >= 0.3 is 0 Å². The van der Waals surface area contributed by atoms with Crippen molar-refractivity contribution in [2.45, 2.75) is 32.4 Å². The lowest BCUT2D eigenvalue weighted by molar-refractivity contribution is -0.385. The van der Waals surface area contributed by atoms with Crippen LogP contribution in [0.25, 0.3) is 0 Å². The standard InChI is InChI=1S/C20H23N3O4/c1-3-17(20(25)21-2)22(14-15-9-5-4-6-10-15)19(24)13-16-11-7-8-12-18(16)23(26)27/h4-12,17H,3,13-14H2,1-2H3,(H,21,25). The highest BCUT2D eigenvalue weighted by atomic mass is 16.6. The molecule has 27 heavy (non-hydrogen) atoms. The van der Waals surface area contributed by atoms with Crippen LogP contribution in [0, 0.1) is 10.1 Å². The average molecular weight is 369 g/mol. The third-order valence-electron chi connectivity index (χ3n) is 4.36. The van der Waals surface area contributed by atoms with Gasteiger partial charge in [0, 0.05) is 25.2 Å². The van der Waals surface area contributed by atoms with Crippen molar-refractivity contribution in [3.05, 3.63) is 75.8 Å². The molecule has 7 nitrogen and oxygen atoms in total. The van der Waals surface area contributed by atoms with Gasteiger partial charge in [-0.2, -0.15) is 0 Å². The third kappa shape index (κ3) is 5.13. The fourth-order valence-corrected chi connectivity index (χ4v) is 2.97. The lowest BCUT2D eigenvalue weighted by atomic mass is 10.1. The van der Waals surface area contributed by atoms with Gasteiger partial charge in [-0.1, -0.05) is 55.5 Å². The summed E-state index contributed by atoms with van der Waals surface area (Å²) >= 11 is 0. The maximum atomic E-state index is 13.0. The summed E-state index contributed by atoms with van der Waals surface area (Å²) < 4.78 is 0. The second-order valence-electron chi connectivity index (χ2n) is 6.11. The van der Waals surface area contributed by atoms with E-state index in [1.165, 1.54) is 18.0 Å². The number of hydrogen-bond acceptors (Lipinski definition) is 4. The summed E-state index contributed by atoms with van der Waals surface area (Å²) in [6.07, 6.45) is 0.298. The van der Waals surface area contributed by atoms with Gasteiger partial charge in [-0.3, -0.25) is 19.7 Å². The Hall–Kier alpha value is -3.22. The summed E-state index contributed by atoms with van der Waals surface area (Å²) in [6.45, 7) is 2.09. The van der Waals surface area contributed by atoms with Crippen molar-refractivity contribution in [2.75, 3.05) is 7.05 Å². The number of nitrogens with one attached hydrogen (secondary N) is 1. The zero-order valence-electron chi connectivity index (χ0n) is 15.4. The van der Waals surface area contributed by atoms with Crippen molar-refractivity contribution >= 4 is 17.5 Å². The van der Waals surface area contributed by atoms with E-state index < -0.39 is 11.0 Å². The normalized spacial score (nSPS) is 11.5. The largest absolute Gasteiger partial charge is 0.357 e. The van der Waals surface area contributed by atoms with Crippen LogP contribution in [0.15, 0.2) is 54.6 Å². The SMILES string of the molecule is CCC(C(=O)NC)N(Cc1ccccc1)C(=O)Cc1ccccc1[N+](=O)[O-]. The van der Waals surface area contributed by atoms with Crippen molar-refractivity contribution in [1.82, 2.24) is 10.2 Å². The lowest BCUT2D eigenvalue weighted by Crippen LogP contribution is -2.48. The zero-order valence-corrected chi connectivity index (χ0v) is 15.4. The van der Waals surface area contributed by atoms with E-state index in [9.17, 15) is 19.7 Å². The average Bonchev–Trinajstić information content (AvgIpc) is 2.68. The van der Waals surface area contributed by atoms with Crippen LogP contribution in [0.4, 0.5) is 5.69 Å². The topological polar surface area (TPSA) is 92.6 Å². The molecule has 0 aliphatic rings. The number of nitro groups is 1. The number of nitrogens with zero attached hydrogens (tertiary/aromatic N) is 2. The fourth-order valence-electron chi connectivity index (χ4n) is 2.97. The van der Waals surface area contributed by atoms with E-state index in [1.807, 2.05) is 37.3 Å². The number of hydrogen-bond donors (Lipinski definition) is 1. The van der Waals surface area contributed by atoms with E-state index in [0.717, 1.165) is 5.56 Å². The van der Waals surface area contributed by atoms with Crippen molar-refractivity contribution in [1.29, 1.82) is 0 Å². The molecule has 0 heterocycles. The smallest absolute Gasteiger partial charge is 0.273 e. The number of likely N-dealkylation sites (N-methyl/N-ethyl adjacent to an activating group) is 1. The second-order valence-corrected chi connectivity index (χ2v) is 6.11. The molecule has 2 aromatic carbocycles. The summed E-state index contributed by atoms with van der Waals surface area (Å²) in [4.78, 5) is 37.5. The molecule has 2 rings (SSSR count). The Labute approximate surface area is 158 Å². The summed E-state index contributed by atoms with van der Waals surface area (Å²) in [5.41, 5.74) is 1.12. The van der Waals surface area contributed by atoms with Gasteiger partial charge in [0.15, 0.2) is 0 Å². The first-order valence-corrected chi connectivity index (χ1v) is 8.75. The number of carbonyl (C=O) groups is 2. The molecule has 0 aromatic heterocycles. The number of benzene rings is 2. The summed E-state index contributed by atoms with van der Waals surface area (Å²) in [5.74, 6) is -0.590. The molecule has 1 N–H and O–H groups in total. The molecule has 1 unspecified atom stereocenters. The maximum Gasteiger partial charge on any atom is 0.273 e. The molecule has 2 aromatic rings.